The van der Waals surface area contributed by atoms with E-state index in [1.54, 1.807) is 0 Å². The van der Waals surface area contributed by atoms with Gasteiger partial charge in [-0.25, -0.2) is 0 Å². The Balaban J connectivity index is 1.71. The summed E-state index contributed by atoms with van der Waals surface area (Å²) in [5, 5.41) is 6.15. The number of nitrogens with one attached hydrogen (secondary N) is 2. The van der Waals surface area contributed by atoms with Crippen molar-refractivity contribution in [3.63, 3.8) is 0 Å². The second kappa shape index (κ2) is 16.8. The molecule has 3 amide bonds. The molecule has 0 saturated carbocycles. The Hall–Kier alpha value is -3.35. The predicted octanol–water partition coefficient (Wildman–Crippen LogP) is 6.47. The number of amides is 3. The number of likely N-dealkylation sites (tertiary alicyclic amines) is 1. The molecule has 3 rings (SSSR count). The summed E-state index contributed by atoms with van der Waals surface area (Å²) in [6.07, 6.45) is 6.33. The minimum atomic E-state index is -0.589. The van der Waals surface area contributed by atoms with E-state index in [1.807, 2.05) is 66.4 Å². The van der Waals surface area contributed by atoms with E-state index in [1.165, 1.54) is 0 Å². The van der Waals surface area contributed by atoms with Crippen LogP contribution in [0.2, 0.25) is 0 Å². The third kappa shape index (κ3) is 10.2. The van der Waals surface area contributed by atoms with E-state index in [0.29, 0.717) is 38.9 Å². The Bertz CT molecular complexity index is 1100. The molecule has 224 valence electrons. The van der Waals surface area contributed by atoms with Crippen molar-refractivity contribution in [2.75, 3.05) is 13.1 Å². The highest BCUT2D eigenvalue weighted by Gasteiger charge is 2.36. The quantitative estimate of drug-likeness (QED) is 0.243. The van der Waals surface area contributed by atoms with Crippen LogP contribution < -0.4 is 15.4 Å². The normalized spacial score (nSPS) is 17.0. The van der Waals surface area contributed by atoms with Crippen LogP contribution in [0, 0.1) is 17.8 Å². The predicted molar refractivity (Wildman–Crippen MR) is 163 cm³/mol. The third-order valence-corrected chi connectivity index (χ3v) is 7.66. The number of hydrogen-bond acceptors (Lipinski definition) is 4. The van der Waals surface area contributed by atoms with E-state index in [2.05, 4.69) is 31.4 Å². The van der Waals surface area contributed by atoms with E-state index in [9.17, 15) is 14.4 Å². The summed E-state index contributed by atoms with van der Waals surface area (Å²) in [5.41, 5.74) is 0.975. The topological polar surface area (TPSA) is 87.7 Å². The van der Waals surface area contributed by atoms with Crippen molar-refractivity contribution in [2.45, 2.75) is 91.6 Å². The number of carbonyl (C=O) groups excluding carboxylic acids is 3. The molecule has 41 heavy (non-hydrogen) atoms. The van der Waals surface area contributed by atoms with Gasteiger partial charge in [-0.2, -0.15) is 0 Å². The monoisotopic (exact) mass is 563 g/mol. The van der Waals surface area contributed by atoms with Gasteiger partial charge in [-0.3, -0.25) is 14.4 Å². The lowest BCUT2D eigenvalue weighted by Gasteiger charge is -2.30. The smallest absolute Gasteiger partial charge is 0.245 e. The lowest BCUT2D eigenvalue weighted by atomic mass is 9.81. The van der Waals surface area contributed by atoms with Crippen LogP contribution in [0.3, 0.4) is 0 Å². The molecule has 2 aromatic rings. The van der Waals surface area contributed by atoms with E-state index in [-0.39, 0.29) is 23.6 Å². The number of hydrogen-bond donors (Lipinski definition) is 2. The zero-order valence-electron chi connectivity index (χ0n) is 25.4. The lowest BCUT2D eigenvalue weighted by molar-refractivity contribution is -0.140. The number of benzene rings is 2. The fourth-order valence-corrected chi connectivity index (χ4v) is 5.53. The van der Waals surface area contributed by atoms with Gasteiger partial charge in [-0.05, 0) is 74.3 Å². The first-order valence-corrected chi connectivity index (χ1v) is 15.5. The van der Waals surface area contributed by atoms with Gasteiger partial charge in [0, 0.05) is 31.5 Å². The van der Waals surface area contributed by atoms with Crippen LogP contribution >= 0.6 is 0 Å². The largest absolute Gasteiger partial charge is 0.457 e. The Morgan fingerprint density at radius 1 is 0.951 bits per heavy atom. The van der Waals surface area contributed by atoms with Gasteiger partial charge >= 0.3 is 0 Å². The maximum Gasteiger partial charge on any atom is 0.245 e. The molecule has 1 aliphatic heterocycles. The summed E-state index contributed by atoms with van der Waals surface area (Å²) in [7, 11) is 0. The maximum atomic E-state index is 13.8. The molecule has 0 spiro atoms. The van der Waals surface area contributed by atoms with Crippen molar-refractivity contribution in [1.29, 1.82) is 0 Å². The second-order valence-electron chi connectivity index (χ2n) is 11.7. The third-order valence-electron chi connectivity index (χ3n) is 7.66. The van der Waals surface area contributed by atoms with Crippen LogP contribution in [0.15, 0.2) is 54.6 Å². The molecule has 3 atom stereocenters. The average Bonchev–Trinajstić information content (AvgIpc) is 3.12. The van der Waals surface area contributed by atoms with E-state index < -0.39 is 17.9 Å². The zero-order chi connectivity index (χ0) is 29.6. The van der Waals surface area contributed by atoms with Crippen molar-refractivity contribution in [3.8, 4) is 11.5 Å². The molecule has 1 fully saturated rings. The molecular weight excluding hydrogens is 514 g/mol. The van der Waals surface area contributed by atoms with E-state index in [4.69, 9.17) is 4.74 Å². The van der Waals surface area contributed by atoms with E-state index in [0.717, 1.165) is 49.2 Å². The summed E-state index contributed by atoms with van der Waals surface area (Å²) in [6.45, 7) is 10.0. The average molecular weight is 564 g/mol. The molecule has 0 radical (unpaired) electrons. The van der Waals surface area contributed by atoms with Gasteiger partial charge in [0.25, 0.3) is 0 Å². The molecule has 2 N–H and O–H groups in total. The van der Waals surface area contributed by atoms with Crippen LogP contribution in [0.25, 0.3) is 0 Å². The molecular formula is C34H49N3O4. The van der Waals surface area contributed by atoms with Crippen LogP contribution in [0.5, 0.6) is 11.5 Å². The van der Waals surface area contributed by atoms with Crippen LogP contribution in [0.4, 0.5) is 0 Å². The Kier molecular flexibility index (Phi) is 13.2. The molecule has 1 heterocycles. The van der Waals surface area contributed by atoms with Gasteiger partial charge < -0.3 is 20.3 Å². The number of rotatable bonds is 15. The molecule has 2 aromatic carbocycles. The van der Waals surface area contributed by atoms with Gasteiger partial charge in [0.05, 0.1) is 0 Å². The fraction of sp³-hybridized carbons (Fsp3) is 0.559. The highest BCUT2D eigenvalue weighted by atomic mass is 16.5. The minimum Gasteiger partial charge on any atom is -0.457 e. The fourth-order valence-electron chi connectivity index (χ4n) is 5.53. The molecule has 1 saturated heterocycles. The molecule has 0 bridgehead atoms. The molecule has 7 nitrogen and oxygen atoms in total. The standard InChI is InChI=1S/C34H49N3O4/c1-5-7-20-35-32(38)29(14-6-2)30(22-25(3)4)33(39)36-31-19-11-12-21-37(34(31)40)24-26-15-13-18-28(23-26)41-27-16-9-8-10-17-27/h8-10,13,15-18,23,25,29-31H,5-7,11-12,14,19-22,24H2,1-4H3,(H,35,38)(H,36,39). The molecule has 0 aromatic heterocycles. The first-order chi connectivity index (χ1) is 19.8. The highest BCUT2D eigenvalue weighted by Crippen LogP contribution is 2.27. The van der Waals surface area contributed by atoms with Gasteiger partial charge in [-0.15, -0.1) is 0 Å². The van der Waals surface area contributed by atoms with Gasteiger partial charge in [0.2, 0.25) is 17.7 Å². The van der Waals surface area contributed by atoms with Crippen molar-refractivity contribution < 1.29 is 19.1 Å². The van der Waals surface area contributed by atoms with Crippen molar-refractivity contribution in [2.24, 2.45) is 17.8 Å². The maximum absolute atomic E-state index is 13.8. The Labute approximate surface area is 246 Å². The summed E-state index contributed by atoms with van der Waals surface area (Å²) in [4.78, 5) is 42.5. The molecule has 0 aliphatic carbocycles. The first-order valence-electron chi connectivity index (χ1n) is 15.5. The Morgan fingerprint density at radius 2 is 1.71 bits per heavy atom. The summed E-state index contributed by atoms with van der Waals surface area (Å²) < 4.78 is 5.99. The Morgan fingerprint density at radius 3 is 2.41 bits per heavy atom. The summed E-state index contributed by atoms with van der Waals surface area (Å²) >= 11 is 0. The van der Waals surface area contributed by atoms with Crippen molar-refractivity contribution in [1.82, 2.24) is 15.5 Å². The summed E-state index contributed by atoms with van der Waals surface area (Å²) in [6, 6.07) is 16.8. The number of para-hydroxylation sites is 1. The zero-order valence-corrected chi connectivity index (χ0v) is 25.4. The van der Waals surface area contributed by atoms with Crippen LogP contribution in [-0.2, 0) is 20.9 Å². The van der Waals surface area contributed by atoms with Crippen LogP contribution in [0.1, 0.15) is 84.6 Å². The SMILES string of the molecule is CCCCNC(=O)C(CCC)C(CC(C)C)C(=O)NC1CCCCN(Cc2cccc(Oc3ccccc3)c2)C1=O. The number of nitrogens with zero attached hydrogens (tertiary/aromatic N) is 1. The van der Waals surface area contributed by atoms with Gasteiger partial charge in [0.1, 0.15) is 17.5 Å². The number of unbranched alkanes of at least 4 members (excludes halogenated alkanes) is 1. The van der Waals surface area contributed by atoms with Crippen LogP contribution in [-0.4, -0.2) is 41.8 Å². The number of ether oxygens (including phenoxy) is 1. The summed E-state index contributed by atoms with van der Waals surface area (Å²) in [5.74, 6) is 0.574. The molecule has 3 unspecified atom stereocenters. The molecule has 1 aliphatic rings. The van der Waals surface area contributed by atoms with Crippen molar-refractivity contribution >= 4 is 17.7 Å². The number of carbonyl (C=O) groups is 3. The first kappa shape index (κ1) is 32.2. The van der Waals surface area contributed by atoms with Gasteiger partial charge in [0.15, 0.2) is 0 Å². The van der Waals surface area contributed by atoms with E-state index >= 15 is 0 Å². The minimum absolute atomic E-state index is 0.0486. The second-order valence-corrected chi connectivity index (χ2v) is 11.7. The molecule has 7 heteroatoms. The van der Waals surface area contributed by atoms with Gasteiger partial charge in [-0.1, -0.05) is 70.9 Å². The van der Waals surface area contributed by atoms with Crippen molar-refractivity contribution in [3.05, 3.63) is 60.2 Å². The highest BCUT2D eigenvalue weighted by molar-refractivity contribution is 5.91. The lowest BCUT2D eigenvalue weighted by Crippen LogP contribution is -2.51.